The molecule has 0 N–H and O–H groups in total. The zero-order valence-corrected chi connectivity index (χ0v) is 9.10. The lowest BCUT2D eigenvalue weighted by Gasteiger charge is -2.18. The maximum absolute atomic E-state index is 3.53. The summed E-state index contributed by atoms with van der Waals surface area (Å²) >= 11 is 0. The highest BCUT2D eigenvalue weighted by atomic mass is 15.1. The Hall–Kier alpha value is -0.480. The summed E-state index contributed by atoms with van der Waals surface area (Å²) < 4.78 is 0. The summed E-state index contributed by atoms with van der Waals surface area (Å²) in [6.45, 7) is 11.2. The van der Waals surface area contributed by atoms with Crippen LogP contribution in [0.25, 0.3) is 0 Å². The van der Waals surface area contributed by atoms with Crippen LogP contribution in [0.2, 0.25) is 0 Å². The smallest absolute Gasteiger partial charge is 0.0601 e. The first-order chi connectivity index (χ1) is 6.35. The van der Waals surface area contributed by atoms with Crippen LogP contribution in [0, 0.1) is 18.8 Å². The van der Waals surface area contributed by atoms with Gasteiger partial charge in [-0.2, -0.15) is 0 Å². The lowest BCUT2D eigenvalue weighted by Crippen LogP contribution is -2.26. The van der Waals surface area contributed by atoms with E-state index in [1.807, 2.05) is 0 Å². The van der Waals surface area contributed by atoms with Crippen molar-refractivity contribution in [2.75, 3.05) is 19.6 Å². The molecule has 0 rings (SSSR count). The Morgan fingerprint density at radius 3 is 2.00 bits per heavy atom. The molecule has 0 atom stereocenters. The predicted molar refractivity (Wildman–Crippen MR) is 59.4 cm³/mol. The molecule has 0 fully saturated rings. The van der Waals surface area contributed by atoms with Gasteiger partial charge in [-0.15, -0.1) is 5.92 Å². The number of rotatable bonds is 7. The van der Waals surface area contributed by atoms with Gasteiger partial charge in [0.05, 0.1) is 6.54 Å². The molecule has 1 radical (unpaired) electrons. The van der Waals surface area contributed by atoms with Crippen LogP contribution in [0.5, 0.6) is 0 Å². The van der Waals surface area contributed by atoms with Crippen LogP contribution in [0.3, 0.4) is 0 Å². The summed E-state index contributed by atoms with van der Waals surface area (Å²) in [5.41, 5.74) is 0. The second kappa shape index (κ2) is 9.61. The van der Waals surface area contributed by atoms with Crippen molar-refractivity contribution in [2.45, 2.75) is 39.5 Å². The second-order valence-corrected chi connectivity index (χ2v) is 3.34. The summed E-state index contributed by atoms with van der Waals surface area (Å²) in [7, 11) is 0. The zero-order valence-electron chi connectivity index (χ0n) is 9.10. The highest BCUT2D eigenvalue weighted by Crippen LogP contribution is 1.97. The molecule has 0 aromatic rings. The third-order valence-electron chi connectivity index (χ3n) is 2.08. The van der Waals surface area contributed by atoms with Crippen molar-refractivity contribution in [1.82, 2.24) is 4.90 Å². The third kappa shape index (κ3) is 7.87. The average molecular weight is 180 g/mol. The lowest BCUT2D eigenvalue weighted by molar-refractivity contribution is 0.296. The lowest BCUT2D eigenvalue weighted by atomic mass is 10.2. The van der Waals surface area contributed by atoms with Gasteiger partial charge in [-0.05, 0) is 25.9 Å². The fourth-order valence-corrected chi connectivity index (χ4v) is 1.20. The Bertz CT molecular complexity index is 144. The van der Waals surface area contributed by atoms with Gasteiger partial charge in [0, 0.05) is 6.92 Å². The first-order valence-electron chi connectivity index (χ1n) is 5.32. The topological polar surface area (TPSA) is 3.24 Å². The maximum Gasteiger partial charge on any atom is 0.0601 e. The standard InChI is InChI=1S/C12H22N/c1-4-7-10-13(11-8-5-2)12-9-6-3/h1,5-6,8-12H2,2-3H3. The Morgan fingerprint density at radius 1 is 1.08 bits per heavy atom. The van der Waals surface area contributed by atoms with Gasteiger partial charge in [-0.1, -0.05) is 32.6 Å². The van der Waals surface area contributed by atoms with Crippen LogP contribution < -0.4 is 0 Å². The minimum atomic E-state index is 0.892. The van der Waals surface area contributed by atoms with Crippen molar-refractivity contribution in [2.24, 2.45) is 0 Å². The summed E-state index contributed by atoms with van der Waals surface area (Å²) in [5.74, 6) is 5.74. The molecule has 0 aliphatic rings. The average Bonchev–Trinajstić information content (AvgIpc) is 2.17. The van der Waals surface area contributed by atoms with Gasteiger partial charge in [-0.3, -0.25) is 4.90 Å². The van der Waals surface area contributed by atoms with Gasteiger partial charge in [-0.25, -0.2) is 0 Å². The van der Waals surface area contributed by atoms with E-state index in [1.165, 1.54) is 38.8 Å². The van der Waals surface area contributed by atoms with Crippen molar-refractivity contribution in [3.63, 3.8) is 0 Å². The molecule has 0 aliphatic heterocycles. The molecule has 0 heterocycles. The van der Waals surface area contributed by atoms with Gasteiger partial charge >= 0.3 is 0 Å². The molecule has 0 amide bonds. The van der Waals surface area contributed by atoms with Crippen molar-refractivity contribution in [1.29, 1.82) is 0 Å². The minimum absolute atomic E-state index is 0.892. The molecule has 0 bridgehead atoms. The van der Waals surface area contributed by atoms with Gasteiger partial charge in [0.1, 0.15) is 0 Å². The number of hydrogen-bond donors (Lipinski definition) is 0. The van der Waals surface area contributed by atoms with Gasteiger partial charge in [0.25, 0.3) is 0 Å². The van der Waals surface area contributed by atoms with Crippen LogP contribution in [-0.2, 0) is 0 Å². The zero-order chi connectivity index (χ0) is 9.94. The Kier molecular flexibility index (Phi) is 9.25. The molecule has 1 heteroatoms. The van der Waals surface area contributed by atoms with Crippen LogP contribution in [-0.4, -0.2) is 24.5 Å². The molecule has 13 heavy (non-hydrogen) atoms. The molecule has 0 saturated carbocycles. The molecular formula is C12H22N. The Labute approximate surface area is 83.5 Å². The minimum Gasteiger partial charge on any atom is -0.292 e. The third-order valence-corrected chi connectivity index (χ3v) is 2.08. The van der Waals surface area contributed by atoms with E-state index in [-0.39, 0.29) is 0 Å². The first kappa shape index (κ1) is 12.5. The molecule has 1 nitrogen and oxygen atoms in total. The highest BCUT2D eigenvalue weighted by molar-refractivity contribution is 5.03. The largest absolute Gasteiger partial charge is 0.292 e. The van der Waals surface area contributed by atoms with E-state index >= 15 is 0 Å². The summed E-state index contributed by atoms with van der Waals surface area (Å²) in [6, 6.07) is 0. The van der Waals surface area contributed by atoms with E-state index in [0.717, 1.165) is 6.54 Å². The number of hydrogen-bond acceptors (Lipinski definition) is 1. The van der Waals surface area contributed by atoms with Gasteiger partial charge in [0.2, 0.25) is 0 Å². The van der Waals surface area contributed by atoms with Crippen LogP contribution in [0.15, 0.2) is 0 Å². The summed E-state index contributed by atoms with van der Waals surface area (Å²) in [5, 5.41) is 0. The van der Waals surface area contributed by atoms with E-state index in [4.69, 9.17) is 0 Å². The quantitative estimate of drug-likeness (QED) is 0.544. The van der Waals surface area contributed by atoms with Gasteiger partial charge in [0.15, 0.2) is 0 Å². The van der Waals surface area contributed by atoms with Crippen molar-refractivity contribution >= 4 is 0 Å². The molecule has 0 unspecified atom stereocenters. The van der Waals surface area contributed by atoms with E-state index in [9.17, 15) is 0 Å². The van der Waals surface area contributed by atoms with Crippen LogP contribution >= 0.6 is 0 Å². The van der Waals surface area contributed by atoms with Crippen molar-refractivity contribution in [3.8, 4) is 11.8 Å². The van der Waals surface area contributed by atoms with Crippen molar-refractivity contribution in [3.05, 3.63) is 6.92 Å². The normalized spacial score (nSPS) is 9.85. The van der Waals surface area contributed by atoms with E-state index in [1.54, 1.807) is 0 Å². The molecule has 0 aromatic carbocycles. The van der Waals surface area contributed by atoms with Crippen molar-refractivity contribution < 1.29 is 0 Å². The van der Waals surface area contributed by atoms with E-state index in [2.05, 4.69) is 37.5 Å². The monoisotopic (exact) mass is 180 g/mol. The Balaban J connectivity index is 3.63. The molecule has 0 aromatic heterocycles. The molecule has 75 valence electrons. The van der Waals surface area contributed by atoms with E-state index in [0.29, 0.717) is 0 Å². The van der Waals surface area contributed by atoms with E-state index < -0.39 is 0 Å². The van der Waals surface area contributed by atoms with Gasteiger partial charge < -0.3 is 0 Å². The molecule has 0 aliphatic carbocycles. The summed E-state index contributed by atoms with van der Waals surface area (Å²) in [6.07, 6.45) is 5.09. The fourth-order valence-electron chi connectivity index (χ4n) is 1.20. The fraction of sp³-hybridized carbons (Fsp3) is 0.750. The number of unbranched alkanes of at least 4 members (excludes halogenated alkanes) is 2. The predicted octanol–water partition coefficient (Wildman–Crippen LogP) is 2.73. The molecule has 0 saturated heterocycles. The number of nitrogens with zero attached hydrogens (tertiary/aromatic N) is 1. The van der Waals surface area contributed by atoms with Crippen LogP contribution in [0.4, 0.5) is 0 Å². The van der Waals surface area contributed by atoms with Crippen LogP contribution in [0.1, 0.15) is 39.5 Å². The highest BCUT2D eigenvalue weighted by Gasteiger charge is 2.00. The first-order valence-corrected chi connectivity index (χ1v) is 5.32. The molecule has 0 spiro atoms. The SMILES string of the molecule is [CH2]C#CCN(CCCC)CCCC. The second-order valence-electron chi connectivity index (χ2n) is 3.34. The maximum atomic E-state index is 3.53. The Morgan fingerprint density at radius 2 is 1.62 bits per heavy atom. The molecular weight excluding hydrogens is 158 g/mol. The summed E-state index contributed by atoms with van der Waals surface area (Å²) in [4.78, 5) is 2.42.